The van der Waals surface area contributed by atoms with Gasteiger partial charge in [-0.15, -0.1) is 0 Å². The number of hydrogen-bond donors (Lipinski definition) is 2. The SMILES string of the molecule is CCC1(CNC2CCC(O)CC2)CC1. The third-order valence-corrected chi connectivity index (χ3v) is 4.17. The molecular weight excluding hydrogens is 174 g/mol. The van der Waals surface area contributed by atoms with E-state index >= 15 is 0 Å². The summed E-state index contributed by atoms with van der Waals surface area (Å²) in [5.41, 5.74) is 0.663. The Labute approximate surface area is 87.1 Å². The smallest absolute Gasteiger partial charge is 0.0541 e. The molecule has 0 aromatic carbocycles. The van der Waals surface area contributed by atoms with Gasteiger partial charge in [-0.25, -0.2) is 0 Å². The van der Waals surface area contributed by atoms with E-state index in [0.29, 0.717) is 11.5 Å². The van der Waals surface area contributed by atoms with Gasteiger partial charge in [-0.3, -0.25) is 0 Å². The summed E-state index contributed by atoms with van der Waals surface area (Å²) in [5.74, 6) is 0. The first-order valence-corrected chi connectivity index (χ1v) is 6.15. The van der Waals surface area contributed by atoms with Gasteiger partial charge in [0.2, 0.25) is 0 Å². The lowest BCUT2D eigenvalue weighted by Crippen LogP contribution is -2.37. The third kappa shape index (κ3) is 2.48. The number of aliphatic hydroxyl groups is 1. The first-order chi connectivity index (χ1) is 6.74. The van der Waals surface area contributed by atoms with Crippen LogP contribution in [-0.2, 0) is 0 Å². The second-order valence-electron chi connectivity index (χ2n) is 5.24. The fourth-order valence-electron chi connectivity index (χ4n) is 2.47. The summed E-state index contributed by atoms with van der Waals surface area (Å²) in [6.45, 7) is 3.52. The molecule has 0 unspecified atom stereocenters. The highest BCUT2D eigenvalue weighted by Crippen LogP contribution is 2.48. The second-order valence-corrected chi connectivity index (χ2v) is 5.24. The van der Waals surface area contributed by atoms with Crippen LogP contribution in [-0.4, -0.2) is 23.8 Å². The molecule has 2 rings (SSSR count). The minimum Gasteiger partial charge on any atom is -0.393 e. The lowest BCUT2D eigenvalue weighted by molar-refractivity contribution is 0.115. The summed E-state index contributed by atoms with van der Waals surface area (Å²) in [6, 6.07) is 0.683. The van der Waals surface area contributed by atoms with Crippen molar-refractivity contribution < 1.29 is 5.11 Å². The zero-order valence-electron chi connectivity index (χ0n) is 9.26. The fraction of sp³-hybridized carbons (Fsp3) is 1.00. The predicted octanol–water partition coefficient (Wildman–Crippen LogP) is 2.07. The summed E-state index contributed by atoms with van der Waals surface area (Å²) in [5, 5.41) is 13.1. The van der Waals surface area contributed by atoms with Gasteiger partial charge in [0.05, 0.1) is 6.10 Å². The molecule has 2 nitrogen and oxygen atoms in total. The summed E-state index contributed by atoms with van der Waals surface area (Å²) in [6.07, 6.45) is 8.48. The lowest BCUT2D eigenvalue weighted by atomic mass is 9.92. The average Bonchev–Trinajstić information content (AvgIpc) is 2.98. The van der Waals surface area contributed by atoms with Crippen molar-refractivity contribution in [2.45, 2.75) is 64.0 Å². The predicted molar refractivity (Wildman–Crippen MR) is 58.2 cm³/mol. The Morgan fingerprint density at radius 2 is 1.86 bits per heavy atom. The van der Waals surface area contributed by atoms with Crippen molar-refractivity contribution in [3.8, 4) is 0 Å². The van der Waals surface area contributed by atoms with Crippen LogP contribution in [0.25, 0.3) is 0 Å². The van der Waals surface area contributed by atoms with Gasteiger partial charge in [0.25, 0.3) is 0 Å². The molecule has 0 radical (unpaired) electrons. The molecule has 0 aromatic rings. The first kappa shape index (κ1) is 10.4. The van der Waals surface area contributed by atoms with Crippen LogP contribution in [0.5, 0.6) is 0 Å². The van der Waals surface area contributed by atoms with Crippen molar-refractivity contribution in [2.24, 2.45) is 5.41 Å². The van der Waals surface area contributed by atoms with Crippen molar-refractivity contribution in [3.63, 3.8) is 0 Å². The van der Waals surface area contributed by atoms with Crippen LogP contribution in [0.1, 0.15) is 51.9 Å². The molecule has 2 aliphatic rings. The van der Waals surface area contributed by atoms with Gasteiger partial charge in [0.15, 0.2) is 0 Å². The largest absolute Gasteiger partial charge is 0.393 e. The second kappa shape index (κ2) is 4.19. The van der Waals surface area contributed by atoms with Crippen molar-refractivity contribution in [1.29, 1.82) is 0 Å². The third-order valence-electron chi connectivity index (χ3n) is 4.17. The molecular formula is C12H23NO. The number of nitrogens with one attached hydrogen (secondary N) is 1. The van der Waals surface area contributed by atoms with Gasteiger partial charge in [0, 0.05) is 12.6 Å². The number of hydrogen-bond acceptors (Lipinski definition) is 2. The van der Waals surface area contributed by atoms with Crippen LogP contribution in [0.2, 0.25) is 0 Å². The molecule has 2 saturated carbocycles. The molecule has 0 bridgehead atoms. The van der Waals surface area contributed by atoms with Crippen LogP contribution in [0, 0.1) is 5.41 Å². The lowest BCUT2D eigenvalue weighted by Gasteiger charge is -2.28. The zero-order valence-corrected chi connectivity index (χ0v) is 9.26. The van der Waals surface area contributed by atoms with Crippen molar-refractivity contribution in [3.05, 3.63) is 0 Å². The van der Waals surface area contributed by atoms with Gasteiger partial charge in [0.1, 0.15) is 0 Å². The molecule has 0 amide bonds. The Morgan fingerprint density at radius 3 is 2.36 bits per heavy atom. The van der Waals surface area contributed by atoms with E-state index in [-0.39, 0.29) is 6.10 Å². The van der Waals surface area contributed by atoms with Gasteiger partial charge in [-0.05, 0) is 50.4 Å². The van der Waals surface area contributed by atoms with Gasteiger partial charge in [-0.1, -0.05) is 6.92 Å². The Balaban J connectivity index is 1.66. The maximum atomic E-state index is 9.39. The molecule has 0 spiro atoms. The Hall–Kier alpha value is -0.0800. The molecule has 2 heteroatoms. The first-order valence-electron chi connectivity index (χ1n) is 6.15. The highest BCUT2D eigenvalue weighted by molar-refractivity contribution is 4.94. The summed E-state index contributed by atoms with van der Waals surface area (Å²) in [7, 11) is 0. The molecule has 82 valence electrons. The summed E-state index contributed by atoms with van der Waals surface area (Å²) >= 11 is 0. The molecule has 0 saturated heterocycles. The molecule has 14 heavy (non-hydrogen) atoms. The van der Waals surface area contributed by atoms with Gasteiger partial charge >= 0.3 is 0 Å². The van der Waals surface area contributed by atoms with E-state index in [9.17, 15) is 5.11 Å². The normalized spacial score (nSPS) is 35.6. The minimum absolute atomic E-state index is 0.0193. The number of rotatable bonds is 4. The highest BCUT2D eigenvalue weighted by atomic mass is 16.3. The molecule has 0 atom stereocenters. The van der Waals surface area contributed by atoms with Crippen molar-refractivity contribution in [1.82, 2.24) is 5.32 Å². The molecule has 2 fully saturated rings. The van der Waals surface area contributed by atoms with Crippen LogP contribution in [0.3, 0.4) is 0 Å². The van der Waals surface area contributed by atoms with Crippen molar-refractivity contribution >= 4 is 0 Å². The zero-order chi connectivity index (χ0) is 10.0. The van der Waals surface area contributed by atoms with Crippen LogP contribution in [0.15, 0.2) is 0 Å². The van der Waals surface area contributed by atoms with Crippen LogP contribution in [0.4, 0.5) is 0 Å². The number of aliphatic hydroxyl groups excluding tert-OH is 1. The Kier molecular flexibility index (Phi) is 3.13. The van der Waals surface area contributed by atoms with Crippen LogP contribution >= 0.6 is 0 Å². The van der Waals surface area contributed by atoms with E-state index in [0.717, 1.165) is 12.8 Å². The average molecular weight is 197 g/mol. The van der Waals surface area contributed by atoms with Gasteiger partial charge in [-0.2, -0.15) is 0 Å². The van der Waals surface area contributed by atoms with E-state index in [1.165, 1.54) is 38.6 Å². The molecule has 0 heterocycles. The van der Waals surface area contributed by atoms with E-state index in [1.54, 1.807) is 0 Å². The quantitative estimate of drug-likeness (QED) is 0.723. The van der Waals surface area contributed by atoms with E-state index in [4.69, 9.17) is 0 Å². The topological polar surface area (TPSA) is 32.3 Å². The van der Waals surface area contributed by atoms with Crippen LogP contribution < -0.4 is 5.32 Å². The Morgan fingerprint density at radius 1 is 1.21 bits per heavy atom. The summed E-state index contributed by atoms with van der Waals surface area (Å²) < 4.78 is 0. The molecule has 0 aliphatic heterocycles. The molecule has 2 aliphatic carbocycles. The van der Waals surface area contributed by atoms with E-state index < -0.39 is 0 Å². The molecule has 2 N–H and O–H groups in total. The van der Waals surface area contributed by atoms with E-state index in [2.05, 4.69) is 12.2 Å². The summed E-state index contributed by atoms with van der Waals surface area (Å²) in [4.78, 5) is 0. The standard InChI is InChI=1S/C12H23NO/c1-2-12(7-8-12)9-13-10-3-5-11(14)6-4-10/h10-11,13-14H,2-9H2,1H3. The van der Waals surface area contributed by atoms with Gasteiger partial charge < -0.3 is 10.4 Å². The maximum Gasteiger partial charge on any atom is 0.0541 e. The van der Waals surface area contributed by atoms with E-state index in [1.807, 2.05) is 0 Å². The Bertz CT molecular complexity index is 181. The monoisotopic (exact) mass is 197 g/mol. The van der Waals surface area contributed by atoms with Crippen molar-refractivity contribution in [2.75, 3.05) is 6.54 Å². The maximum absolute atomic E-state index is 9.39. The molecule has 0 aromatic heterocycles. The fourth-order valence-corrected chi connectivity index (χ4v) is 2.47. The minimum atomic E-state index is -0.0193. The highest BCUT2D eigenvalue weighted by Gasteiger charge is 2.40.